The molecule has 108 valence electrons. The molecular weight excluding hydrogens is 278 g/mol. The zero-order valence-electron chi connectivity index (χ0n) is 11.6. The van der Waals surface area contributed by atoms with Crippen LogP contribution in [0.5, 0.6) is 0 Å². The molecular formula is C17H13N3O2. The van der Waals surface area contributed by atoms with E-state index in [1.807, 2.05) is 42.5 Å². The van der Waals surface area contributed by atoms with Crippen LogP contribution in [0.4, 0.5) is 5.88 Å². The Bertz CT molecular complexity index is 780. The highest BCUT2D eigenvalue weighted by atomic mass is 16.5. The number of aromatic nitrogens is 2. The summed E-state index contributed by atoms with van der Waals surface area (Å²) in [5.74, 6) is 0.0239. The van der Waals surface area contributed by atoms with Gasteiger partial charge in [-0.2, -0.15) is 0 Å². The summed E-state index contributed by atoms with van der Waals surface area (Å²) in [5, 5.41) is 6.55. The van der Waals surface area contributed by atoms with Gasteiger partial charge in [-0.25, -0.2) is 0 Å². The van der Waals surface area contributed by atoms with E-state index in [0.29, 0.717) is 11.6 Å². The van der Waals surface area contributed by atoms with Gasteiger partial charge in [-0.15, -0.1) is 0 Å². The lowest BCUT2D eigenvalue weighted by atomic mass is 10.2. The Morgan fingerprint density at radius 1 is 1.09 bits per heavy atom. The molecule has 0 saturated heterocycles. The molecule has 22 heavy (non-hydrogen) atoms. The van der Waals surface area contributed by atoms with Crippen molar-refractivity contribution in [2.45, 2.75) is 0 Å². The van der Waals surface area contributed by atoms with Crippen molar-refractivity contribution in [3.8, 4) is 11.3 Å². The molecule has 1 N–H and O–H groups in total. The first-order valence-corrected chi connectivity index (χ1v) is 6.72. The molecule has 3 aromatic rings. The van der Waals surface area contributed by atoms with Crippen LogP contribution in [-0.4, -0.2) is 16.0 Å². The van der Waals surface area contributed by atoms with E-state index in [2.05, 4.69) is 15.5 Å². The third-order valence-electron chi connectivity index (χ3n) is 2.96. The predicted octanol–water partition coefficient (Wildman–Crippen LogP) is 3.39. The second-order valence-corrected chi connectivity index (χ2v) is 4.55. The van der Waals surface area contributed by atoms with E-state index in [-0.39, 0.29) is 5.91 Å². The Morgan fingerprint density at radius 2 is 1.86 bits per heavy atom. The average molecular weight is 291 g/mol. The average Bonchev–Trinajstić information content (AvgIpc) is 3.03. The maximum Gasteiger partial charge on any atom is 0.250 e. The summed E-state index contributed by atoms with van der Waals surface area (Å²) in [6.07, 6.45) is 6.52. The van der Waals surface area contributed by atoms with Crippen molar-refractivity contribution in [3.05, 3.63) is 72.6 Å². The van der Waals surface area contributed by atoms with Gasteiger partial charge < -0.3 is 4.52 Å². The van der Waals surface area contributed by atoms with Gasteiger partial charge in [-0.1, -0.05) is 35.5 Å². The summed E-state index contributed by atoms with van der Waals surface area (Å²) in [6, 6.07) is 14.9. The van der Waals surface area contributed by atoms with Crippen LogP contribution in [0.25, 0.3) is 17.3 Å². The van der Waals surface area contributed by atoms with Crippen molar-refractivity contribution in [2.24, 2.45) is 0 Å². The normalized spacial score (nSPS) is 10.7. The van der Waals surface area contributed by atoms with Crippen molar-refractivity contribution < 1.29 is 9.32 Å². The lowest BCUT2D eigenvalue weighted by Gasteiger charge is -1.95. The van der Waals surface area contributed by atoms with Crippen LogP contribution in [0.3, 0.4) is 0 Å². The molecule has 0 atom stereocenters. The molecule has 1 amide bonds. The molecule has 0 fully saturated rings. The Kier molecular flexibility index (Phi) is 4.06. The highest BCUT2D eigenvalue weighted by Gasteiger charge is 2.07. The summed E-state index contributed by atoms with van der Waals surface area (Å²) in [6.45, 7) is 0. The quantitative estimate of drug-likeness (QED) is 0.748. The number of hydrogen-bond donors (Lipinski definition) is 1. The molecule has 0 saturated carbocycles. The molecule has 5 nitrogen and oxygen atoms in total. The van der Waals surface area contributed by atoms with Gasteiger partial charge in [0.15, 0.2) is 0 Å². The summed E-state index contributed by atoms with van der Waals surface area (Å²) < 4.78 is 5.11. The van der Waals surface area contributed by atoms with E-state index in [9.17, 15) is 4.79 Å². The molecule has 5 heteroatoms. The summed E-state index contributed by atoms with van der Waals surface area (Å²) in [5.41, 5.74) is 2.47. The number of hydrogen-bond acceptors (Lipinski definition) is 4. The van der Waals surface area contributed by atoms with Crippen molar-refractivity contribution in [3.63, 3.8) is 0 Å². The zero-order valence-corrected chi connectivity index (χ0v) is 11.6. The maximum atomic E-state index is 11.8. The zero-order chi connectivity index (χ0) is 15.2. The van der Waals surface area contributed by atoms with E-state index >= 15 is 0 Å². The highest BCUT2D eigenvalue weighted by molar-refractivity contribution is 6.01. The van der Waals surface area contributed by atoms with Crippen molar-refractivity contribution in [1.29, 1.82) is 0 Å². The van der Waals surface area contributed by atoms with E-state index in [4.69, 9.17) is 4.52 Å². The second-order valence-electron chi connectivity index (χ2n) is 4.55. The van der Waals surface area contributed by atoms with E-state index in [0.717, 1.165) is 11.1 Å². The number of rotatable bonds is 4. The van der Waals surface area contributed by atoms with Gasteiger partial charge in [0.05, 0.1) is 0 Å². The number of amides is 1. The van der Waals surface area contributed by atoms with Gasteiger partial charge in [0.2, 0.25) is 5.88 Å². The third-order valence-corrected chi connectivity index (χ3v) is 2.96. The molecule has 0 aliphatic rings. The molecule has 0 radical (unpaired) electrons. The topological polar surface area (TPSA) is 68.0 Å². The lowest BCUT2D eigenvalue weighted by molar-refractivity contribution is -0.112. The second kappa shape index (κ2) is 6.49. The minimum absolute atomic E-state index is 0.277. The van der Waals surface area contributed by atoms with Gasteiger partial charge in [0.1, 0.15) is 5.69 Å². The molecule has 0 aliphatic carbocycles. The molecule has 1 aromatic carbocycles. The number of pyridine rings is 1. The number of carbonyl (C=O) groups excluding carboxylic acids is 1. The van der Waals surface area contributed by atoms with Crippen LogP contribution >= 0.6 is 0 Å². The fourth-order valence-corrected chi connectivity index (χ4v) is 1.89. The molecule has 0 unspecified atom stereocenters. The standard InChI is InChI=1S/C17H13N3O2/c21-16(7-6-13-4-2-1-3-5-13)19-17-12-15(20-22-17)14-8-10-18-11-9-14/h1-12H,(H,19,21). The Morgan fingerprint density at radius 3 is 2.64 bits per heavy atom. The monoisotopic (exact) mass is 291 g/mol. The number of nitrogens with zero attached hydrogens (tertiary/aromatic N) is 2. The number of nitrogens with one attached hydrogen (secondary N) is 1. The first-order valence-electron chi connectivity index (χ1n) is 6.72. The maximum absolute atomic E-state index is 11.8. The van der Waals surface area contributed by atoms with Crippen LogP contribution in [0.1, 0.15) is 5.56 Å². The fourth-order valence-electron chi connectivity index (χ4n) is 1.89. The van der Waals surface area contributed by atoms with Crippen molar-refractivity contribution in [1.82, 2.24) is 10.1 Å². The van der Waals surface area contributed by atoms with Crippen LogP contribution in [0.2, 0.25) is 0 Å². The predicted molar refractivity (Wildman–Crippen MR) is 83.8 cm³/mol. The summed E-state index contributed by atoms with van der Waals surface area (Å²) in [4.78, 5) is 15.8. The fraction of sp³-hybridized carbons (Fsp3) is 0. The van der Waals surface area contributed by atoms with Crippen molar-refractivity contribution >= 4 is 17.9 Å². The largest absolute Gasteiger partial charge is 0.338 e. The first kappa shape index (κ1) is 13.8. The Labute approximate surface area is 127 Å². The minimum atomic E-state index is -0.277. The Hall–Kier alpha value is -3.21. The molecule has 0 spiro atoms. The number of anilines is 1. The Balaban J connectivity index is 1.65. The molecule has 0 aliphatic heterocycles. The van der Waals surface area contributed by atoms with Gasteiger partial charge in [-0.3, -0.25) is 15.1 Å². The minimum Gasteiger partial charge on any atom is -0.338 e. The van der Waals surface area contributed by atoms with Gasteiger partial charge in [0.25, 0.3) is 5.91 Å². The lowest BCUT2D eigenvalue weighted by Crippen LogP contribution is -2.06. The summed E-state index contributed by atoms with van der Waals surface area (Å²) in [7, 11) is 0. The number of carbonyl (C=O) groups is 1. The van der Waals surface area contributed by atoms with Gasteiger partial charge >= 0.3 is 0 Å². The van der Waals surface area contributed by atoms with E-state index < -0.39 is 0 Å². The van der Waals surface area contributed by atoms with Crippen LogP contribution in [0, 0.1) is 0 Å². The molecule has 2 aromatic heterocycles. The van der Waals surface area contributed by atoms with Crippen LogP contribution < -0.4 is 5.32 Å². The smallest absolute Gasteiger partial charge is 0.250 e. The molecule has 3 rings (SSSR count). The number of benzene rings is 1. The molecule has 0 bridgehead atoms. The first-order chi connectivity index (χ1) is 10.8. The van der Waals surface area contributed by atoms with E-state index in [1.54, 1.807) is 24.5 Å². The highest BCUT2D eigenvalue weighted by Crippen LogP contribution is 2.20. The van der Waals surface area contributed by atoms with E-state index in [1.165, 1.54) is 6.08 Å². The third kappa shape index (κ3) is 3.46. The SMILES string of the molecule is O=C(C=Cc1ccccc1)Nc1cc(-c2ccncc2)no1. The molecule has 2 heterocycles. The summed E-state index contributed by atoms with van der Waals surface area (Å²) >= 11 is 0. The van der Waals surface area contributed by atoms with Crippen molar-refractivity contribution in [2.75, 3.05) is 5.32 Å². The van der Waals surface area contributed by atoms with Gasteiger partial charge in [0, 0.05) is 30.1 Å². The van der Waals surface area contributed by atoms with Crippen LogP contribution in [0.15, 0.2) is 71.5 Å². The van der Waals surface area contributed by atoms with Crippen LogP contribution in [-0.2, 0) is 4.79 Å². The van der Waals surface area contributed by atoms with Gasteiger partial charge in [-0.05, 0) is 23.8 Å².